The van der Waals surface area contributed by atoms with Crippen LogP contribution in [0.4, 0.5) is 0 Å². The summed E-state index contributed by atoms with van der Waals surface area (Å²) < 4.78 is 4.91. The molecule has 0 bridgehead atoms. The third kappa shape index (κ3) is 2.92. The molecule has 1 unspecified atom stereocenters. The molecule has 1 aromatic carbocycles. The molecule has 0 amide bonds. The van der Waals surface area contributed by atoms with Crippen LogP contribution in [-0.4, -0.2) is 21.2 Å². The van der Waals surface area contributed by atoms with E-state index in [4.69, 9.17) is 4.52 Å². The lowest BCUT2D eigenvalue weighted by Gasteiger charge is -2.13. The van der Waals surface area contributed by atoms with Crippen molar-refractivity contribution in [3.63, 3.8) is 0 Å². The van der Waals surface area contributed by atoms with Crippen LogP contribution in [0.2, 0.25) is 0 Å². The quantitative estimate of drug-likeness (QED) is 0.827. The van der Waals surface area contributed by atoms with Gasteiger partial charge in [-0.15, -0.1) is 0 Å². The van der Waals surface area contributed by atoms with Crippen LogP contribution in [0.15, 0.2) is 34.9 Å². The Bertz CT molecular complexity index is 524. The van der Waals surface area contributed by atoms with Crippen LogP contribution in [0.5, 0.6) is 0 Å². The van der Waals surface area contributed by atoms with Crippen molar-refractivity contribution in [3.8, 4) is 0 Å². The van der Waals surface area contributed by atoms with E-state index in [0.717, 1.165) is 0 Å². The van der Waals surface area contributed by atoms with E-state index in [0.29, 0.717) is 17.3 Å². The average molecular weight is 247 g/mol. The SMILES string of the molecule is Cc1noc(CNC(C(=O)O)c2ccccc2)n1. The third-order valence-corrected chi connectivity index (χ3v) is 2.41. The molecule has 1 aromatic heterocycles. The zero-order valence-electron chi connectivity index (χ0n) is 9.83. The van der Waals surface area contributed by atoms with Gasteiger partial charge in [0.2, 0.25) is 5.89 Å². The fraction of sp³-hybridized carbons (Fsp3) is 0.250. The summed E-state index contributed by atoms with van der Waals surface area (Å²) in [6.45, 7) is 1.92. The Morgan fingerprint density at radius 3 is 2.72 bits per heavy atom. The predicted octanol–water partition coefficient (Wildman–Crippen LogP) is 1.29. The third-order valence-electron chi connectivity index (χ3n) is 2.41. The molecule has 0 radical (unpaired) electrons. The van der Waals surface area contributed by atoms with Crippen molar-refractivity contribution in [2.45, 2.75) is 19.5 Å². The summed E-state index contributed by atoms with van der Waals surface area (Å²) in [5.74, 6) is -0.0505. The van der Waals surface area contributed by atoms with Gasteiger partial charge in [-0.2, -0.15) is 4.98 Å². The summed E-state index contributed by atoms with van der Waals surface area (Å²) in [6, 6.07) is 8.14. The lowest BCUT2D eigenvalue weighted by atomic mass is 10.1. The average Bonchev–Trinajstić information content (AvgIpc) is 2.76. The van der Waals surface area contributed by atoms with Crippen LogP contribution in [0.3, 0.4) is 0 Å². The number of benzene rings is 1. The van der Waals surface area contributed by atoms with Gasteiger partial charge in [0, 0.05) is 0 Å². The molecule has 0 fully saturated rings. The maximum absolute atomic E-state index is 11.2. The number of rotatable bonds is 5. The van der Waals surface area contributed by atoms with E-state index in [-0.39, 0.29) is 6.54 Å². The van der Waals surface area contributed by atoms with Crippen molar-refractivity contribution in [1.29, 1.82) is 0 Å². The van der Waals surface area contributed by atoms with Crippen LogP contribution in [0.1, 0.15) is 23.3 Å². The number of carbonyl (C=O) groups is 1. The van der Waals surface area contributed by atoms with E-state index in [2.05, 4.69) is 15.5 Å². The summed E-state index contributed by atoms with van der Waals surface area (Å²) >= 11 is 0. The molecule has 0 saturated heterocycles. The molecule has 0 spiro atoms. The van der Waals surface area contributed by atoms with E-state index in [1.807, 2.05) is 6.07 Å². The highest BCUT2D eigenvalue weighted by molar-refractivity contribution is 5.75. The molecular weight excluding hydrogens is 234 g/mol. The van der Waals surface area contributed by atoms with Gasteiger partial charge in [0.1, 0.15) is 6.04 Å². The normalized spacial score (nSPS) is 12.3. The second-order valence-electron chi connectivity index (χ2n) is 3.80. The summed E-state index contributed by atoms with van der Waals surface area (Å²) in [4.78, 5) is 15.2. The fourth-order valence-corrected chi connectivity index (χ4v) is 1.59. The van der Waals surface area contributed by atoms with E-state index < -0.39 is 12.0 Å². The molecular formula is C12H13N3O3. The van der Waals surface area contributed by atoms with E-state index in [1.54, 1.807) is 31.2 Å². The number of nitrogens with one attached hydrogen (secondary N) is 1. The Kier molecular flexibility index (Phi) is 3.69. The van der Waals surface area contributed by atoms with E-state index in [1.165, 1.54) is 0 Å². The predicted molar refractivity (Wildman–Crippen MR) is 62.7 cm³/mol. The highest BCUT2D eigenvalue weighted by Crippen LogP contribution is 2.13. The second-order valence-corrected chi connectivity index (χ2v) is 3.80. The first kappa shape index (κ1) is 12.3. The van der Waals surface area contributed by atoms with Crippen molar-refractivity contribution in [3.05, 3.63) is 47.6 Å². The maximum atomic E-state index is 11.2. The lowest BCUT2D eigenvalue weighted by Crippen LogP contribution is -2.28. The van der Waals surface area contributed by atoms with E-state index >= 15 is 0 Å². The molecule has 1 atom stereocenters. The molecule has 2 N–H and O–H groups in total. The molecule has 1 heterocycles. The highest BCUT2D eigenvalue weighted by atomic mass is 16.5. The number of hydrogen-bond acceptors (Lipinski definition) is 5. The Morgan fingerprint density at radius 2 is 2.17 bits per heavy atom. The van der Waals surface area contributed by atoms with Gasteiger partial charge in [-0.3, -0.25) is 10.1 Å². The Balaban J connectivity index is 2.06. The molecule has 6 heteroatoms. The van der Waals surface area contributed by atoms with Gasteiger partial charge in [0.25, 0.3) is 0 Å². The first-order valence-corrected chi connectivity index (χ1v) is 5.47. The van der Waals surface area contributed by atoms with Gasteiger partial charge >= 0.3 is 5.97 Å². The van der Waals surface area contributed by atoms with Crippen LogP contribution in [-0.2, 0) is 11.3 Å². The van der Waals surface area contributed by atoms with Crippen molar-refractivity contribution < 1.29 is 14.4 Å². The second kappa shape index (κ2) is 5.42. The minimum Gasteiger partial charge on any atom is -0.480 e. The molecule has 2 rings (SSSR count). The molecule has 0 aliphatic carbocycles. The molecule has 0 saturated carbocycles. The van der Waals surface area contributed by atoms with Gasteiger partial charge < -0.3 is 9.63 Å². The van der Waals surface area contributed by atoms with Gasteiger partial charge in [-0.25, -0.2) is 0 Å². The maximum Gasteiger partial charge on any atom is 0.325 e. The van der Waals surface area contributed by atoms with Crippen LogP contribution >= 0.6 is 0 Å². The highest BCUT2D eigenvalue weighted by Gasteiger charge is 2.19. The summed E-state index contributed by atoms with van der Waals surface area (Å²) in [7, 11) is 0. The summed E-state index contributed by atoms with van der Waals surface area (Å²) in [6.07, 6.45) is 0. The van der Waals surface area contributed by atoms with Gasteiger partial charge in [-0.1, -0.05) is 35.5 Å². The number of aryl methyl sites for hydroxylation is 1. The van der Waals surface area contributed by atoms with Gasteiger partial charge in [0.15, 0.2) is 5.82 Å². The Morgan fingerprint density at radius 1 is 1.44 bits per heavy atom. The molecule has 94 valence electrons. The van der Waals surface area contributed by atoms with E-state index in [9.17, 15) is 9.90 Å². The van der Waals surface area contributed by atoms with Gasteiger partial charge in [0.05, 0.1) is 6.54 Å². The zero-order valence-corrected chi connectivity index (χ0v) is 9.83. The van der Waals surface area contributed by atoms with Crippen molar-refractivity contribution in [2.75, 3.05) is 0 Å². The minimum absolute atomic E-state index is 0.215. The van der Waals surface area contributed by atoms with Gasteiger partial charge in [-0.05, 0) is 12.5 Å². The summed E-state index contributed by atoms with van der Waals surface area (Å²) in [5.41, 5.74) is 0.682. The molecule has 18 heavy (non-hydrogen) atoms. The minimum atomic E-state index is -0.947. The zero-order chi connectivity index (χ0) is 13.0. The number of aromatic nitrogens is 2. The number of carboxylic acids is 1. The number of carboxylic acid groups (broad SMARTS) is 1. The smallest absolute Gasteiger partial charge is 0.325 e. The standard InChI is InChI=1S/C12H13N3O3/c1-8-14-10(18-15-8)7-13-11(12(16)17)9-5-3-2-4-6-9/h2-6,11,13H,7H2,1H3,(H,16,17). The first-order chi connectivity index (χ1) is 8.66. The number of hydrogen-bond donors (Lipinski definition) is 2. The fourth-order valence-electron chi connectivity index (χ4n) is 1.59. The topological polar surface area (TPSA) is 88.2 Å². The van der Waals surface area contributed by atoms with Crippen molar-refractivity contribution >= 4 is 5.97 Å². The summed E-state index contributed by atoms with van der Waals surface area (Å²) in [5, 5.41) is 15.7. The van der Waals surface area contributed by atoms with Crippen LogP contribution in [0, 0.1) is 6.92 Å². The molecule has 6 nitrogen and oxygen atoms in total. The van der Waals surface area contributed by atoms with Crippen molar-refractivity contribution in [1.82, 2.24) is 15.5 Å². The lowest BCUT2D eigenvalue weighted by molar-refractivity contribution is -0.139. The van der Waals surface area contributed by atoms with Crippen LogP contribution in [0.25, 0.3) is 0 Å². The Labute approximate surface area is 104 Å². The number of nitrogens with zero attached hydrogens (tertiary/aromatic N) is 2. The van der Waals surface area contributed by atoms with Crippen LogP contribution < -0.4 is 5.32 Å². The monoisotopic (exact) mass is 247 g/mol. The molecule has 0 aliphatic heterocycles. The number of aliphatic carboxylic acids is 1. The molecule has 0 aliphatic rings. The Hall–Kier alpha value is -2.21. The largest absolute Gasteiger partial charge is 0.480 e. The molecule has 2 aromatic rings. The first-order valence-electron chi connectivity index (χ1n) is 5.47. The van der Waals surface area contributed by atoms with Crippen molar-refractivity contribution in [2.24, 2.45) is 0 Å².